The monoisotopic (exact) mass is 610 g/mol. The Morgan fingerprint density at radius 1 is 0.913 bits per heavy atom. The summed E-state index contributed by atoms with van der Waals surface area (Å²) < 4.78 is 0. The Balaban J connectivity index is 1.24. The number of allylic oxidation sites excluding steroid dienone is 1. The number of amides is 1. The molecule has 232 valence electrons. The van der Waals surface area contributed by atoms with E-state index in [1.807, 2.05) is 79.1 Å². The number of rotatable bonds is 10. The molecule has 8 nitrogen and oxygen atoms in total. The Hall–Kier alpha value is -5.34. The standard InChI is InChI=1S/C38H38N6O2/c45-37(28-16-18-39-19-17-28)44-34(22-30-23-40-32-13-7-6-12-31(30)32)38(46)43-33(21-25-14-15-26-8-4-5-11-29(26)20-25)36-41-24-35(42-36)27-9-2-1-3-10-27/h1-15,20,23-24,28,33,39-40,43,46H,16-19,21-22H2,(H,41,42)(H,44,45)/b38-34-/t33-/m1/s1. The number of nitrogens with one attached hydrogen (secondary N) is 5. The van der Waals surface area contributed by atoms with E-state index in [-0.39, 0.29) is 17.7 Å². The zero-order valence-electron chi connectivity index (χ0n) is 25.6. The van der Waals surface area contributed by atoms with Gasteiger partial charge in [0.05, 0.1) is 23.6 Å². The van der Waals surface area contributed by atoms with Gasteiger partial charge in [0.15, 0.2) is 0 Å². The van der Waals surface area contributed by atoms with E-state index in [2.05, 4.69) is 56.3 Å². The van der Waals surface area contributed by atoms with Crippen LogP contribution in [0, 0.1) is 5.92 Å². The summed E-state index contributed by atoms with van der Waals surface area (Å²) in [6.45, 7) is 1.61. The predicted octanol–water partition coefficient (Wildman–Crippen LogP) is 6.67. The van der Waals surface area contributed by atoms with Crippen LogP contribution in [0.2, 0.25) is 0 Å². The quantitative estimate of drug-likeness (QED) is 0.0969. The number of imidazole rings is 1. The van der Waals surface area contributed by atoms with Gasteiger partial charge in [-0.3, -0.25) is 4.79 Å². The number of para-hydroxylation sites is 1. The number of carbonyl (C=O) groups is 1. The molecule has 0 radical (unpaired) electrons. The number of piperidine rings is 1. The highest BCUT2D eigenvalue weighted by molar-refractivity contribution is 5.85. The second-order valence-electron chi connectivity index (χ2n) is 12.0. The maximum Gasteiger partial charge on any atom is 0.227 e. The number of hydrogen-bond donors (Lipinski definition) is 6. The first-order valence-electron chi connectivity index (χ1n) is 15.9. The highest BCUT2D eigenvalue weighted by Gasteiger charge is 2.25. The molecule has 46 heavy (non-hydrogen) atoms. The van der Waals surface area contributed by atoms with E-state index in [0.717, 1.165) is 64.6 Å². The van der Waals surface area contributed by atoms with Gasteiger partial charge in [-0.2, -0.15) is 0 Å². The molecule has 0 saturated carbocycles. The Bertz CT molecular complexity index is 1990. The van der Waals surface area contributed by atoms with Crippen LogP contribution in [0.5, 0.6) is 0 Å². The summed E-state index contributed by atoms with van der Waals surface area (Å²) in [5.74, 6) is 0.435. The summed E-state index contributed by atoms with van der Waals surface area (Å²) >= 11 is 0. The fraction of sp³-hybridized carbons (Fsp3) is 0.211. The third-order valence-electron chi connectivity index (χ3n) is 8.89. The molecule has 1 aliphatic heterocycles. The number of nitrogens with zero attached hydrogens (tertiary/aromatic N) is 1. The number of hydrogen-bond acceptors (Lipinski definition) is 5. The second-order valence-corrected chi connectivity index (χ2v) is 12.0. The van der Waals surface area contributed by atoms with Crippen molar-refractivity contribution in [3.63, 3.8) is 0 Å². The molecule has 7 rings (SSSR count). The molecule has 3 heterocycles. The average molecular weight is 611 g/mol. The Kier molecular flexibility index (Phi) is 8.52. The Morgan fingerprint density at radius 2 is 1.67 bits per heavy atom. The van der Waals surface area contributed by atoms with Crippen molar-refractivity contribution in [3.05, 3.63) is 138 Å². The summed E-state index contributed by atoms with van der Waals surface area (Å²) in [7, 11) is 0. The molecule has 0 aliphatic carbocycles. The maximum atomic E-state index is 13.5. The van der Waals surface area contributed by atoms with Crippen LogP contribution in [-0.4, -0.2) is 39.1 Å². The summed E-state index contributed by atoms with van der Waals surface area (Å²) in [4.78, 5) is 25.1. The molecule has 0 spiro atoms. The molecule has 1 atom stereocenters. The number of aliphatic hydroxyl groups is 1. The van der Waals surface area contributed by atoms with Gasteiger partial charge in [-0.05, 0) is 65.9 Å². The van der Waals surface area contributed by atoms with E-state index in [9.17, 15) is 9.90 Å². The normalized spacial score (nSPS) is 15.0. The van der Waals surface area contributed by atoms with Crippen molar-refractivity contribution in [1.29, 1.82) is 0 Å². The zero-order valence-corrected chi connectivity index (χ0v) is 25.6. The fourth-order valence-electron chi connectivity index (χ4n) is 6.34. The molecule has 1 saturated heterocycles. The van der Waals surface area contributed by atoms with E-state index >= 15 is 0 Å². The first-order chi connectivity index (χ1) is 22.6. The van der Waals surface area contributed by atoms with Gasteiger partial charge in [-0.1, -0.05) is 91.0 Å². The Morgan fingerprint density at radius 3 is 2.52 bits per heavy atom. The topological polar surface area (TPSA) is 118 Å². The van der Waals surface area contributed by atoms with Crippen LogP contribution in [0.4, 0.5) is 0 Å². The third-order valence-corrected chi connectivity index (χ3v) is 8.89. The van der Waals surface area contributed by atoms with Crippen molar-refractivity contribution < 1.29 is 9.90 Å². The highest BCUT2D eigenvalue weighted by atomic mass is 16.3. The smallest absolute Gasteiger partial charge is 0.227 e. The molecule has 1 amide bonds. The van der Waals surface area contributed by atoms with E-state index in [1.54, 1.807) is 0 Å². The molecule has 8 heteroatoms. The van der Waals surface area contributed by atoms with Crippen molar-refractivity contribution in [2.24, 2.45) is 5.92 Å². The van der Waals surface area contributed by atoms with Crippen molar-refractivity contribution in [3.8, 4) is 11.3 Å². The van der Waals surface area contributed by atoms with Crippen molar-refractivity contribution in [2.75, 3.05) is 13.1 Å². The summed E-state index contributed by atoms with van der Waals surface area (Å²) in [6, 6.07) is 32.4. The largest absolute Gasteiger partial charge is 0.494 e. The summed E-state index contributed by atoms with van der Waals surface area (Å²) in [5.41, 5.74) is 5.44. The highest BCUT2D eigenvalue weighted by Crippen LogP contribution is 2.26. The van der Waals surface area contributed by atoms with E-state index < -0.39 is 6.04 Å². The minimum atomic E-state index is -0.410. The molecule has 2 aromatic heterocycles. The van der Waals surface area contributed by atoms with Crippen LogP contribution in [0.1, 0.15) is 35.8 Å². The van der Waals surface area contributed by atoms with Crippen molar-refractivity contribution >= 4 is 27.6 Å². The number of fused-ring (bicyclic) bond motifs is 2. The second kappa shape index (κ2) is 13.3. The first-order valence-corrected chi connectivity index (χ1v) is 15.9. The van der Waals surface area contributed by atoms with Crippen LogP contribution >= 0.6 is 0 Å². The van der Waals surface area contributed by atoms with Gasteiger partial charge in [0.2, 0.25) is 11.8 Å². The van der Waals surface area contributed by atoms with E-state index in [1.165, 1.54) is 5.39 Å². The molecule has 0 unspecified atom stereocenters. The lowest BCUT2D eigenvalue weighted by Crippen LogP contribution is -2.39. The van der Waals surface area contributed by atoms with Crippen LogP contribution in [0.3, 0.4) is 0 Å². The van der Waals surface area contributed by atoms with Gasteiger partial charge < -0.3 is 31.0 Å². The SMILES string of the molecule is O=C(N/C(Cc1c[nH]c2ccccc12)=C(\O)N[C@H](Cc1ccc2ccccc2c1)c1ncc(-c2ccccc2)[nH]1)C1CCNCC1. The molecule has 6 N–H and O–H groups in total. The number of benzene rings is 4. The van der Waals surface area contributed by atoms with E-state index in [4.69, 9.17) is 4.98 Å². The van der Waals surface area contributed by atoms with Crippen LogP contribution in [0.15, 0.2) is 121 Å². The van der Waals surface area contributed by atoms with Gasteiger partial charge in [-0.25, -0.2) is 4.98 Å². The molecular formula is C38H38N6O2. The summed E-state index contributed by atoms with van der Waals surface area (Å²) in [6.07, 6.45) is 6.19. The van der Waals surface area contributed by atoms with Crippen molar-refractivity contribution in [1.82, 2.24) is 30.9 Å². The molecule has 4 aromatic carbocycles. The molecule has 6 aromatic rings. The number of H-pyrrole nitrogens is 2. The minimum absolute atomic E-state index is 0.0693. The van der Waals surface area contributed by atoms with E-state index in [0.29, 0.717) is 24.4 Å². The van der Waals surface area contributed by atoms with Gasteiger partial charge in [0, 0.05) is 29.4 Å². The van der Waals surface area contributed by atoms with Crippen LogP contribution < -0.4 is 16.0 Å². The molecule has 1 aliphatic rings. The number of aromatic amines is 2. The lowest BCUT2D eigenvalue weighted by atomic mass is 9.97. The van der Waals surface area contributed by atoms with Crippen LogP contribution in [-0.2, 0) is 17.6 Å². The van der Waals surface area contributed by atoms with Gasteiger partial charge in [-0.15, -0.1) is 0 Å². The van der Waals surface area contributed by atoms with Crippen LogP contribution in [0.25, 0.3) is 32.9 Å². The fourth-order valence-corrected chi connectivity index (χ4v) is 6.34. The number of aliphatic hydroxyl groups excluding tert-OH is 1. The maximum absolute atomic E-state index is 13.5. The number of aromatic nitrogens is 3. The summed E-state index contributed by atoms with van der Waals surface area (Å²) in [5, 5.41) is 25.0. The van der Waals surface area contributed by atoms with Gasteiger partial charge in [0.1, 0.15) is 5.82 Å². The van der Waals surface area contributed by atoms with Gasteiger partial charge >= 0.3 is 0 Å². The Labute approximate surface area is 268 Å². The zero-order chi connectivity index (χ0) is 31.3. The lowest BCUT2D eigenvalue weighted by molar-refractivity contribution is -0.125. The predicted molar refractivity (Wildman–Crippen MR) is 183 cm³/mol. The first kappa shape index (κ1) is 29.4. The average Bonchev–Trinajstić information content (AvgIpc) is 3.76. The third kappa shape index (κ3) is 6.53. The van der Waals surface area contributed by atoms with Gasteiger partial charge in [0.25, 0.3) is 0 Å². The van der Waals surface area contributed by atoms with Crippen molar-refractivity contribution in [2.45, 2.75) is 31.7 Å². The molecule has 1 fully saturated rings. The molecular weight excluding hydrogens is 572 g/mol. The lowest BCUT2D eigenvalue weighted by Gasteiger charge is -2.24. The minimum Gasteiger partial charge on any atom is -0.494 e. The number of carbonyl (C=O) groups excluding carboxylic acids is 1. The molecule has 0 bridgehead atoms.